The van der Waals surface area contributed by atoms with Gasteiger partial charge in [0, 0.05) is 27.5 Å². The van der Waals surface area contributed by atoms with Crippen LogP contribution in [0.4, 0.5) is 8.78 Å². The number of benzene rings is 1. The predicted molar refractivity (Wildman–Crippen MR) is 51.3 cm³/mol. The molecule has 0 unspecified atom stereocenters. The fraction of sp³-hybridized carbons (Fsp3) is 0.143. The molecule has 1 aromatic carbocycles. The van der Waals surface area contributed by atoms with Crippen molar-refractivity contribution in [3.05, 3.63) is 30.3 Å². The molecule has 0 amide bonds. The summed E-state index contributed by atoms with van der Waals surface area (Å²) in [5, 5.41) is 0. The molecule has 0 atom stereocenters. The molecule has 0 radical (unpaired) electrons. The van der Waals surface area contributed by atoms with Crippen molar-refractivity contribution in [1.29, 1.82) is 0 Å². The van der Waals surface area contributed by atoms with Gasteiger partial charge in [-0.05, 0) is 23.9 Å². The molecular weight excluding hydrogens is 281 g/mol. The van der Waals surface area contributed by atoms with Crippen LogP contribution in [0.25, 0.3) is 0 Å². The summed E-state index contributed by atoms with van der Waals surface area (Å²) >= 11 is 1.66. The van der Waals surface area contributed by atoms with Crippen LogP contribution in [-0.4, -0.2) is 3.26 Å². The lowest BCUT2D eigenvalue weighted by Gasteiger charge is -2.06. The second kappa shape index (κ2) is 3.71. The van der Waals surface area contributed by atoms with Crippen molar-refractivity contribution in [2.24, 2.45) is 0 Å². The van der Waals surface area contributed by atoms with Crippen molar-refractivity contribution in [2.45, 2.75) is 8.16 Å². The second-order valence-electron chi connectivity index (χ2n) is 1.86. The molecule has 0 aromatic heterocycles. The van der Waals surface area contributed by atoms with E-state index >= 15 is 0 Å². The molecule has 1 aromatic rings. The van der Waals surface area contributed by atoms with Crippen LogP contribution in [0.15, 0.2) is 35.2 Å². The average molecular weight is 286 g/mol. The van der Waals surface area contributed by atoms with E-state index in [4.69, 9.17) is 0 Å². The van der Waals surface area contributed by atoms with Crippen molar-refractivity contribution in [1.82, 2.24) is 0 Å². The van der Waals surface area contributed by atoms with Gasteiger partial charge in [-0.1, -0.05) is 18.2 Å². The Labute approximate surface area is 81.5 Å². The largest absolute Gasteiger partial charge is 0.347 e. The zero-order chi connectivity index (χ0) is 8.32. The average Bonchev–Trinajstić information content (AvgIpc) is 1.85. The van der Waals surface area contributed by atoms with E-state index in [1.807, 2.05) is 0 Å². The Morgan fingerprint density at radius 3 is 2.18 bits per heavy atom. The normalized spacial score (nSPS) is 11.5. The van der Waals surface area contributed by atoms with Crippen molar-refractivity contribution in [2.75, 3.05) is 0 Å². The first-order valence-corrected chi connectivity index (χ1v) is 4.78. The first-order valence-electron chi connectivity index (χ1n) is 2.89. The number of halogens is 3. The van der Waals surface area contributed by atoms with Crippen LogP contribution < -0.4 is 0 Å². The second-order valence-corrected chi connectivity index (χ2v) is 5.14. The summed E-state index contributed by atoms with van der Waals surface area (Å²) in [5.41, 5.74) is 0. The molecule has 0 aliphatic carbocycles. The Bertz CT molecular complexity index is 220. The molecule has 60 valence electrons. The van der Waals surface area contributed by atoms with Gasteiger partial charge in [0.1, 0.15) is 0 Å². The van der Waals surface area contributed by atoms with E-state index in [0.29, 0.717) is 16.7 Å². The van der Waals surface area contributed by atoms with Gasteiger partial charge in [0.2, 0.25) is 0 Å². The van der Waals surface area contributed by atoms with Crippen LogP contribution in [0.5, 0.6) is 0 Å². The Balaban J connectivity index is 2.66. The molecule has 0 aliphatic heterocycles. The highest BCUT2D eigenvalue weighted by Crippen LogP contribution is 2.40. The van der Waals surface area contributed by atoms with Crippen LogP contribution in [0, 0.1) is 0 Å². The SMILES string of the molecule is FC(F)(I)Sc1ccccc1. The number of alkyl halides is 3. The summed E-state index contributed by atoms with van der Waals surface area (Å²) in [5.74, 6) is 0. The van der Waals surface area contributed by atoms with Gasteiger partial charge in [-0.25, -0.2) is 0 Å². The Morgan fingerprint density at radius 1 is 1.18 bits per heavy atom. The molecule has 1 rings (SSSR count). The van der Waals surface area contributed by atoms with E-state index in [1.165, 1.54) is 0 Å². The maximum Gasteiger partial charge on any atom is 0.347 e. The highest BCUT2D eigenvalue weighted by atomic mass is 127. The third-order valence-corrected chi connectivity index (χ3v) is 2.38. The highest BCUT2D eigenvalue weighted by Gasteiger charge is 2.24. The maximum absolute atomic E-state index is 12.4. The molecule has 0 N–H and O–H groups in total. The molecule has 0 nitrogen and oxygen atoms in total. The zero-order valence-electron chi connectivity index (χ0n) is 5.43. The van der Waals surface area contributed by atoms with E-state index in [-0.39, 0.29) is 0 Å². The lowest BCUT2D eigenvalue weighted by atomic mass is 10.4. The molecule has 4 heteroatoms. The minimum absolute atomic E-state index is 0.554. The number of hydrogen-bond acceptors (Lipinski definition) is 1. The Hall–Kier alpha value is 0.160. The summed E-state index contributed by atoms with van der Waals surface area (Å²) in [7, 11) is 0. The standard InChI is InChI=1S/C7H5F2IS/c8-7(9,10)11-6-4-2-1-3-5-6/h1-5H. The smallest absolute Gasteiger partial charge is 0.183 e. The zero-order valence-corrected chi connectivity index (χ0v) is 8.40. The first-order chi connectivity index (χ1) is 5.08. The third-order valence-electron chi connectivity index (χ3n) is 0.977. The molecule has 0 saturated carbocycles. The highest BCUT2D eigenvalue weighted by molar-refractivity contribution is 14.1. The van der Waals surface area contributed by atoms with Gasteiger partial charge in [0.05, 0.1) is 0 Å². The van der Waals surface area contributed by atoms with Crippen molar-refractivity contribution >= 4 is 34.4 Å². The summed E-state index contributed by atoms with van der Waals surface area (Å²) in [6.07, 6.45) is 0. The minimum Gasteiger partial charge on any atom is -0.183 e. The Kier molecular flexibility index (Phi) is 3.12. The van der Waals surface area contributed by atoms with E-state index in [0.717, 1.165) is 22.6 Å². The molecular formula is C7H5F2IS. The number of hydrogen-bond donors (Lipinski definition) is 0. The van der Waals surface area contributed by atoms with Crippen LogP contribution in [0.3, 0.4) is 0 Å². The molecule has 0 fully saturated rings. The first kappa shape index (κ1) is 9.25. The minimum atomic E-state index is -2.71. The van der Waals surface area contributed by atoms with Gasteiger partial charge < -0.3 is 0 Å². The van der Waals surface area contributed by atoms with Gasteiger partial charge in [-0.15, -0.1) is 0 Å². The number of thioether (sulfide) groups is 1. The summed E-state index contributed by atoms with van der Waals surface area (Å²) < 4.78 is 22.0. The predicted octanol–water partition coefficient (Wildman–Crippen LogP) is 3.76. The van der Waals surface area contributed by atoms with Gasteiger partial charge >= 0.3 is 3.26 Å². The lowest BCUT2D eigenvalue weighted by Crippen LogP contribution is -1.95. The van der Waals surface area contributed by atoms with Crippen LogP contribution in [0.1, 0.15) is 0 Å². The number of rotatable bonds is 2. The van der Waals surface area contributed by atoms with Crippen molar-refractivity contribution in [3.63, 3.8) is 0 Å². The fourth-order valence-electron chi connectivity index (χ4n) is 0.622. The summed E-state index contributed by atoms with van der Waals surface area (Å²) in [4.78, 5) is 0.590. The molecule has 0 saturated heterocycles. The van der Waals surface area contributed by atoms with Gasteiger partial charge in [0.15, 0.2) is 0 Å². The van der Waals surface area contributed by atoms with E-state index < -0.39 is 3.26 Å². The lowest BCUT2D eigenvalue weighted by molar-refractivity contribution is 0.232. The van der Waals surface area contributed by atoms with Crippen LogP contribution in [0.2, 0.25) is 0 Å². The van der Waals surface area contributed by atoms with Crippen molar-refractivity contribution in [3.8, 4) is 0 Å². The maximum atomic E-state index is 12.4. The monoisotopic (exact) mass is 286 g/mol. The van der Waals surface area contributed by atoms with Crippen LogP contribution >= 0.6 is 34.4 Å². The van der Waals surface area contributed by atoms with Gasteiger partial charge in [-0.3, -0.25) is 0 Å². The summed E-state index contributed by atoms with van der Waals surface area (Å²) in [6, 6.07) is 8.61. The molecule has 0 spiro atoms. The molecule has 0 heterocycles. The molecule has 11 heavy (non-hydrogen) atoms. The molecule has 0 aliphatic rings. The Morgan fingerprint density at radius 2 is 1.73 bits per heavy atom. The van der Waals surface area contributed by atoms with E-state index in [2.05, 4.69) is 0 Å². The summed E-state index contributed by atoms with van der Waals surface area (Å²) in [6.45, 7) is 0. The topological polar surface area (TPSA) is 0 Å². The van der Waals surface area contributed by atoms with Gasteiger partial charge in [-0.2, -0.15) is 8.78 Å². The third kappa shape index (κ3) is 3.91. The van der Waals surface area contributed by atoms with E-state index in [9.17, 15) is 8.78 Å². The van der Waals surface area contributed by atoms with Crippen LogP contribution in [-0.2, 0) is 0 Å². The quantitative estimate of drug-likeness (QED) is 0.453. The van der Waals surface area contributed by atoms with Crippen molar-refractivity contribution < 1.29 is 8.78 Å². The van der Waals surface area contributed by atoms with E-state index in [1.54, 1.807) is 30.3 Å². The fourth-order valence-corrected chi connectivity index (χ4v) is 1.95. The molecule has 0 bridgehead atoms. The van der Waals surface area contributed by atoms with Gasteiger partial charge in [0.25, 0.3) is 0 Å².